The molecule has 0 N–H and O–H groups in total. The van der Waals surface area contributed by atoms with Gasteiger partial charge in [0, 0.05) is 31.6 Å². The van der Waals surface area contributed by atoms with Crippen molar-refractivity contribution in [1.29, 1.82) is 5.26 Å². The van der Waals surface area contributed by atoms with Crippen molar-refractivity contribution in [3.63, 3.8) is 0 Å². The molecule has 28 heavy (non-hydrogen) atoms. The number of aromatic nitrogens is 3. The Balaban J connectivity index is 1.57. The van der Waals surface area contributed by atoms with Crippen LogP contribution in [-0.4, -0.2) is 41.4 Å². The molecular formula is C18H15F3N6S. The summed E-state index contributed by atoms with van der Waals surface area (Å²) < 4.78 is 38.2. The first-order valence-corrected chi connectivity index (χ1v) is 9.40. The number of benzene rings is 1. The second kappa shape index (κ2) is 6.91. The van der Waals surface area contributed by atoms with Crippen molar-refractivity contribution in [2.75, 3.05) is 36.0 Å². The minimum absolute atomic E-state index is 0.259. The van der Waals surface area contributed by atoms with Crippen LogP contribution in [0.4, 0.5) is 24.1 Å². The lowest BCUT2D eigenvalue weighted by Gasteiger charge is -2.35. The van der Waals surface area contributed by atoms with Crippen molar-refractivity contribution in [2.24, 2.45) is 0 Å². The first kappa shape index (κ1) is 18.4. The monoisotopic (exact) mass is 404 g/mol. The van der Waals surface area contributed by atoms with Gasteiger partial charge in [0.25, 0.3) is 0 Å². The standard InChI is InChI=1S/C18H15F3N6S/c1-11-12-4-2-3-5-14(12)23-15(13(11)10-22)26-6-8-27(9-7-26)17-25-24-16(28-17)18(19,20)21/h2-5H,6-9H2,1H3. The van der Waals surface area contributed by atoms with E-state index in [1.165, 1.54) is 0 Å². The summed E-state index contributed by atoms with van der Waals surface area (Å²) in [6.07, 6.45) is -4.48. The molecule has 0 spiro atoms. The molecule has 1 saturated heterocycles. The van der Waals surface area contributed by atoms with E-state index in [-0.39, 0.29) is 5.13 Å². The van der Waals surface area contributed by atoms with Crippen LogP contribution in [0.15, 0.2) is 24.3 Å². The molecule has 1 aliphatic heterocycles. The van der Waals surface area contributed by atoms with Crippen LogP contribution in [0.3, 0.4) is 0 Å². The molecule has 10 heteroatoms. The number of aryl methyl sites for hydroxylation is 1. The van der Waals surface area contributed by atoms with Gasteiger partial charge in [-0.15, -0.1) is 10.2 Å². The summed E-state index contributed by atoms with van der Waals surface area (Å²) in [5, 5.41) is 16.8. The Morgan fingerprint density at radius 3 is 2.39 bits per heavy atom. The Labute approximate surface area is 162 Å². The zero-order chi connectivity index (χ0) is 19.9. The van der Waals surface area contributed by atoms with Gasteiger partial charge >= 0.3 is 6.18 Å². The lowest BCUT2D eigenvalue weighted by molar-refractivity contribution is -0.138. The molecule has 0 amide bonds. The van der Waals surface area contributed by atoms with Crippen molar-refractivity contribution in [1.82, 2.24) is 15.2 Å². The number of para-hydroxylation sites is 1. The molecule has 0 radical (unpaired) electrons. The van der Waals surface area contributed by atoms with Crippen molar-refractivity contribution in [3.8, 4) is 6.07 Å². The van der Waals surface area contributed by atoms with Crippen molar-refractivity contribution in [2.45, 2.75) is 13.1 Å². The molecule has 3 aromatic rings. The van der Waals surface area contributed by atoms with Crippen LogP contribution in [0.25, 0.3) is 10.9 Å². The first-order valence-electron chi connectivity index (χ1n) is 8.58. The smallest absolute Gasteiger partial charge is 0.352 e. The predicted octanol–water partition coefficient (Wildman–Crippen LogP) is 3.61. The highest BCUT2D eigenvalue weighted by atomic mass is 32.1. The number of nitriles is 1. The maximum atomic E-state index is 12.7. The molecule has 6 nitrogen and oxygen atoms in total. The maximum Gasteiger partial charge on any atom is 0.445 e. The molecule has 0 saturated carbocycles. The number of rotatable bonds is 2. The van der Waals surface area contributed by atoms with Gasteiger partial charge in [0.2, 0.25) is 10.1 Å². The predicted molar refractivity (Wildman–Crippen MR) is 101 cm³/mol. The molecule has 1 fully saturated rings. The number of anilines is 2. The molecule has 0 aliphatic carbocycles. The average molecular weight is 404 g/mol. The summed E-state index contributed by atoms with van der Waals surface area (Å²) >= 11 is 0.548. The van der Waals surface area contributed by atoms with Gasteiger partial charge in [0.1, 0.15) is 11.9 Å². The third kappa shape index (κ3) is 3.22. The topological polar surface area (TPSA) is 68.9 Å². The third-order valence-electron chi connectivity index (χ3n) is 4.75. The van der Waals surface area contributed by atoms with Crippen LogP contribution in [0.1, 0.15) is 16.1 Å². The molecule has 2 aromatic heterocycles. The van der Waals surface area contributed by atoms with Crippen LogP contribution in [0.2, 0.25) is 0 Å². The normalized spacial score (nSPS) is 15.1. The van der Waals surface area contributed by atoms with Gasteiger partial charge in [-0.3, -0.25) is 0 Å². The minimum Gasteiger partial charge on any atom is -0.352 e. The van der Waals surface area contributed by atoms with Crippen LogP contribution >= 0.6 is 11.3 Å². The Hall–Kier alpha value is -2.93. The second-order valence-electron chi connectivity index (χ2n) is 6.43. The van der Waals surface area contributed by atoms with E-state index >= 15 is 0 Å². The van der Waals surface area contributed by atoms with Gasteiger partial charge in [0.15, 0.2) is 0 Å². The zero-order valence-electron chi connectivity index (χ0n) is 14.9. The number of fused-ring (bicyclic) bond motifs is 1. The van der Waals surface area contributed by atoms with Gasteiger partial charge < -0.3 is 9.80 Å². The number of hydrogen-bond acceptors (Lipinski definition) is 7. The van der Waals surface area contributed by atoms with Gasteiger partial charge in [-0.1, -0.05) is 29.5 Å². The van der Waals surface area contributed by atoms with Gasteiger partial charge in [0.05, 0.1) is 11.1 Å². The number of pyridine rings is 1. The highest BCUT2D eigenvalue weighted by Crippen LogP contribution is 2.35. The first-order chi connectivity index (χ1) is 13.4. The largest absolute Gasteiger partial charge is 0.445 e. The highest BCUT2D eigenvalue weighted by Gasteiger charge is 2.36. The molecule has 4 rings (SSSR count). The van der Waals surface area contributed by atoms with Crippen LogP contribution in [0.5, 0.6) is 0 Å². The summed E-state index contributed by atoms with van der Waals surface area (Å²) in [5.41, 5.74) is 2.22. The average Bonchev–Trinajstić information content (AvgIpc) is 3.19. The Kier molecular flexibility index (Phi) is 4.55. The summed E-state index contributed by atoms with van der Waals surface area (Å²) in [5.74, 6) is 0.617. The molecular weight excluding hydrogens is 389 g/mol. The van der Waals surface area contributed by atoms with E-state index in [0.717, 1.165) is 16.5 Å². The summed E-state index contributed by atoms with van der Waals surface area (Å²) in [6, 6.07) is 9.91. The fraction of sp³-hybridized carbons (Fsp3) is 0.333. The van der Waals surface area contributed by atoms with Crippen molar-refractivity contribution >= 4 is 33.2 Å². The second-order valence-corrected chi connectivity index (χ2v) is 7.38. The summed E-state index contributed by atoms with van der Waals surface area (Å²) in [7, 11) is 0. The minimum atomic E-state index is -4.48. The van der Waals surface area contributed by atoms with E-state index in [1.807, 2.05) is 36.1 Å². The molecule has 1 aromatic carbocycles. The van der Waals surface area contributed by atoms with Crippen LogP contribution < -0.4 is 9.80 Å². The third-order valence-corrected chi connectivity index (χ3v) is 5.78. The van der Waals surface area contributed by atoms with Gasteiger partial charge in [-0.05, 0) is 18.6 Å². The molecule has 144 valence electrons. The van der Waals surface area contributed by atoms with E-state index in [0.29, 0.717) is 48.9 Å². The van der Waals surface area contributed by atoms with E-state index in [4.69, 9.17) is 0 Å². The number of nitrogens with zero attached hydrogens (tertiary/aromatic N) is 6. The van der Waals surface area contributed by atoms with Crippen LogP contribution in [0, 0.1) is 18.3 Å². The van der Waals surface area contributed by atoms with Crippen LogP contribution in [-0.2, 0) is 6.18 Å². The molecule has 0 bridgehead atoms. The van der Waals surface area contributed by atoms with E-state index in [1.54, 1.807) is 4.90 Å². The molecule has 3 heterocycles. The summed E-state index contributed by atoms with van der Waals surface area (Å²) in [4.78, 5) is 8.46. The van der Waals surface area contributed by atoms with E-state index in [9.17, 15) is 18.4 Å². The Bertz CT molecular complexity index is 1060. The molecule has 0 atom stereocenters. The fourth-order valence-corrected chi connectivity index (χ4v) is 4.05. The number of piperazine rings is 1. The SMILES string of the molecule is Cc1c(C#N)c(N2CCN(c3nnc(C(F)(F)F)s3)CC2)nc2ccccc12. The maximum absolute atomic E-state index is 12.7. The Morgan fingerprint density at radius 1 is 1.07 bits per heavy atom. The van der Waals surface area contributed by atoms with E-state index < -0.39 is 11.2 Å². The molecule has 1 aliphatic rings. The fourth-order valence-electron chi connectivity index (χ4n) is 3.29. The quantitative estimate of drug-likeness (QED) is 0.650. The van der Waals surface area contributed by atoms with Gasteiger partial charge in [-0.25, -0.2) is 4.98 Å². The number of hydrogen-bond donors (Lipinski definition) is 0. The molecule has 0 unspecified atom stereocenters. The number of alkyl halides is 3. The lowest BCUT2D eigenvalue weighted by Crippen LogP contribution is -2.47. The number of halogens is 3. The van der Waals surface area contributed by atoms with Gasteiger partial charge in [-0.2, -0.15) is 18.4 Å². The van der Waals surface area contributed by atoms with E-state index in [2.05, 4.69) is 21.3 Å². The van der Waals surface area contributed by atoms with Crippen molar-refractivity contribution in [3.05, 3.63) is 40.4 Å². The Morgan fingerprint density at radius 2 is 1.75 bits per heavy atom. The lowest BCUT2D eigenvalue weighted by atomic mass is 10.0. The summed E-state index contributed by atoms with van der Waals surface area (Å²) in [6.45, 7) is 3.92. The zero-order valence-corrected chi connectivity index (χ0v) is 15.7. The van der Waals surface area contributed by atoms with Crippen molar-refractivity contribution < 1.29 is 13.2 Å². The highest BCUT2D eigenvalue weighted by molar-refractivity contribution is 7.15.